The molecular formula is C26H31N4NaO3S. The number of hydrogen-bond acceptors (Lipinski definition) is 5. The third-order valence-corrected chi connectivity index (χ3v) is 7.45. The summed E-state index contributed by atoms with van der Waals surface area (Å²) >= 11 is 0. The molecule has 180 valence electrons. The Balaban J connectivity index is 0.00000228. The van der Waals surface area contributed by atoms with Crippen LogP contribution in [0.4, 0.5) is 21.9 Å². The fraction of sp³-hybridized carbons (Fsp3) is 0.269. The first kappa shape index (κ1) is 27.1. The quantitative estimate of drug-likeness (QED) is 0.430. The fourth-order valence-corrected chi connectivity index (χ4v) is 5.38. The molecule has 1 aliphatic rings. The van der Waals surface area contributed by atoms with Crippen molar-refractivity contribution in [3.8, 4) is 0 Å². The van der Waals surface area contributed by atoms with Crippen LogP contribution in [0.3, 0.4) is 0 Å². The zero-order chi connectivity index (χ0) is 24.3. The summed E-state index contributed by atoms with van der Waals surface area (Å²) in [6.45, 7) is 6.26. The number of benzene rings is 3. The summed E-state index contributed by atoms with van der Waals surface area (Å²) in [7, 11) is -3.91. The van der Waals surface area contributed by atoms with Crippen molar-refractivity contribution in [2.45, 2.75) is 44.7 Å². The van der Waals surface area contributed by atoms with Crippen molar-refractivity contribution in [2.75, 3.05) is 16.8 Å². The van der Waals surface area contributed by atoms with Crippen molar-refractivity contribution in [1.29, 1.82) is 0 Å². The number of rotatable bonds is 7. The van der Waals surface area contributed by atoms with Crippen LogP contribution in [-0.4, -0.2) is 27.2 Å². The van der Waals surface area contributed by atoms with Crippen molar-refractivity contribution in [1.82, 2.24) is 10.0 Å². The molecule has 1 unspecified atom stereocenters. The SMILES string of the molecule is CCC1Nc2cc(C)ccc2N1c1ccc(CCNC(=O)NS(=O)(=O)c2ccccc2C)cc1.[H-].[Na+]. The van der Waals surface area contributed by atoms with E-state index in [2.05, 4.69) is 64.4 Å². The average Bonchev–Trinajstić information content (AvgIpc) is 3.17. The van der Waals surface area contributed by atoms with Crippen LogP contribution in [0.2, 0.25) is 0 Å². The Hall–Kier alpha value is -2.52. The van der Waals surface area contributed by atoms with Gasteiger partial charge in [-0.2, -0.15) is 0 Å². The molecule has 1 heterocycles. The van der Waals surface area contributed by atoms with Crippen LogP contribution in [-0.2, 0) is 16.4 Å². The van der Waals surface area contributed by atoms with Gasteiger partial charge in [0.25, 0.3) is 10.0 Å². The second kappa shape index (κ2) is 11.5. The van der Waals surface area contributed by atoms with Gasteiger partial charge in [0.1, 0.15) is 6.17 Å². The topological polar surface area (TPSA) is 90.5 Å². The van der Waals surface area contributed by atoms with E-state index in [4.69, 9.17) is 0 Å². The Morgan fingerprint density at radius 3 is 2.46 bits per heavy atom. The molecule has 35 heavy (non-hydrogen) atoms. The maximum absolute atomic E-state index is 12.4. The number of carbonyl (C=O) groups is 1. The molecule has 3 N–H and O–H groups in total. The number of anilines is 3. The van der Waals surface area contributed by atoms with Gasteiger partial charge in [0.05, 0.1) is 16.3 Å². The number of urea groups is 1. The second-order valence-electron chi connectivity index (χ2n) is 8.50. The predicted molar refractivity (Wildman–Crippen MR) is 137 cm³/mol. The molecule has 1 atom stereocenters. The first-order valence-electron chi connectivity index (χ1n) is 11.4. The molecule has 1 aliphatic heterocycles. The molecule has 0 saturated heterocycles. The molecule has 0 bridgehead atoms. The first-order chi connectivity index (χ1) is 16.3. The summed E-state index contributed by atoms with van der Waals surface area (Å²) in [5.41, 5.74) is 6.27. The molecule has 7 nitrogen and oxygen atoms in total. The minimum atomic E-state index is -3.91. The van der Waals surface area contributed by atoms with E-state index < -0.39 is 16.1 Å². The summed E-state index contributed by atoms with van der Waals surface area (Å²) in [5, 5.41) is 6.22. The molecule has 0 fully saturated rings. The van der Waals surface area contributed by atoms with E-state index >= 15 is 0 Å². The summed E-state index contributed by atoms with van der Waals surface area (Å²) in [6.07, 6.45) is 1.74. The number of sulfonamides is 1. The maximum Gasteiger partial charge on any atom is 1.00 e. The molecule has 3 aromatic carbocycles. The summed E-state index contributed by atoms with van der Waals surface area (Å²) in [6, 6.07) is 20.5. The minimum Gasteiger partial charge on any atom is -1.00 e. The maximum atomic E-state index is 12.4. The number of nitrogens with one attached hydrogen (secondary N) is 3. The standard InChI is InChI=1S/C26H30N4O3S.Na.H/c1-4-25-28-22-17-18(2)9-14-23(22)30(25)21-12-10-20(11-13-21)15-16-27-26(31)29-34(32,33)24-8-6-5-7-19(24)3;;/h5-14,17,25,28H,4,15-16H2,1-3H3,(H2,27,29,31);;/q;+1;-1. The minimum absolute atomic E-state index is 0. The molecule has 9 heteroatoms. The Morgan fingerprint density at radius 2 is 1.77 bits per heavy atom. The Labute approximate surface area is 231 Å². The van der Waals surface area contributed by atoms with E-state index in [0.717, 1.165) is 23.4 Å². The molecular weight excluding hydrogens is 471 g/mol. The van der Waals surface area contributed by atoms with Crippen molar-refractivity contribution in [2.24, 2.45) is 0 Å². The van der Waals surface area contributed by atoms with Crippen molar-refractivity contribution in [3.63, 3.8) is 0 Å². The number of fused-ring (bicyclic) bond motifs is 1. The van der Waals surface area contributed by atoms with Gasteiger partial charge in [0.15, 0.2) is 0 Å². The van der Waals surface area contributed by atoms with Crippen molar-refractivity contribution in [3.05, 3.63) is 83.4 Å². The third kappa shape index (κ3) is 6.19. The molecule has 0 aromatic heterocycles. The largest absolute Gasteiger partial charge is 1.00 e. The van der Waals surface area contributed by atoms with Crippen LogP contribution in [0.25, 0.3) is 0 Å². The summed E-state index contributed by atoms with van der Waals surface area (Å²) in [5.74, 6) is 0. The number of nitrogens with zero attached hydrogens (tertiary/aromatic N) is 1. The van der Waals surface area contributed by atoms with Crippen molar-refractivity contribution >= 4 is 33.1 Å². The monoisotopic (exact) mass is 502 g/mol. The van der Waals surface area contributed by atoms with E-state index in [0.29, 0.717) is 18.5 Å². The summed E-state index contributed by atoms with van der Waals surface area (Å²) < 4.78 is 27.0. The van der Waals surface area contributed by atoms with Gasteiger partial charge in [-0.05, 0) is 73.7 Å². The molecule has 3 aromatic rings. The first-order valence-corrected chi connectivity index (χ1v) is 12.9. The predicted octanol–water partition coefficient (Wildman–Crippen LogP) is 1.95. The number of aryl methyl sites for hydroxylation is 2. The Bertz CT molecular complexity index is 1300. The number of amides is 2. The van der Waals surface area contributed by atoms with Crippen LogP contribution in [0.1, 0.15) is 31.5 Å². The van der Waals surface area contributed by atoms with Gasteiger partial charge < -0.3 is 17.0 Å². The normalized spacial score (nSPS) is 14.5. The molecule has 0 saturated carbocycles. The van der Waals surface area contributed by atoms with Crippen molar-refractivity contribution < 1.29 is 44.2 Å². The molecule has 0 aliphatic carbocycles. The molecule has 0 spiro atoms. The van der Waals surface area contributed by atoms with Gasteiger partial charge in [-0.1, -0.05) is 43.3 Å². The second-order valence-corrected chi connectivity index (χ2v) is 10.2. The van der Waals surface area contributed by atoms with E-state index in [1.54, 1.807) is 25.1 Å². The zero-order valence-electron chi connectivity index (χ0n) is 21.6. The zero-order valence-corrected chi connectivity index (χ0v) is 23.4. The Morgan fingerprint density at radius 1 is 1.06 bits per heavy atom. The van der Waals surface area contributed by atoms with Gasteiger partial charge in [-0.3, -0.25) is 0 Å². The number of carbonyl (C=O) groups excluding carboxylic acids is 1. The average molecular weight is 503 g/mol. The van der Waals surface area contributed by atoms with Gasteiger partial charge >= 0.3 is 35.6 Å². The Kier molecular flexibility index (Phi) is 8.88. The van der Waals surface area contributed by atoms with Crippen LogP contribution in [0.5, 0.6) is 0 Å². The van der Waals surface area contributed by atoms with E-state index in [-0.39, 0.29) is 42.0 Å². The van der Waals surface area contributed by atoms with Gasteiger partial charge in [-0.25, -0.2) is 17.9 Å². The van der Waals surface area contributed by atoms with E-state index in [9.17, 15) is 13.2 Å². The van der Waals surface area contributed by atoms with Crippen LogP contribution in [0.15, 0.2) is 71.6 Å². The third-order valence-electron chi connectivity index (χ3n) is 5.96. The fourth-order valence-electron chi connectivity index (χ4n) is 4.21. The molecule has 0 radical (unpaired) electrons. The molecule has 4 rings (SSSR count). The smallest absolute Gasteiger partial charge is 1.00 e. The van der Waals surface area contributed by atoms with Crippen LogP contribution < -0.4 is 49.8 Å². The number of hydrogen-bond donors (Lipinski definition) is 3. The van der Waals surface area contributed by atoms with Crippen LogP contribution >= 0.6 is 0 Å². The van der Waals surface area contributed by atoms with Gasteiger partial charge in [0, 0.05) is 12.2 Å². The van der Waals surface area contributed by atoms with E-state index in [1.165, 1.54) is 17.3 Å². The molecule has 2 amide bonds. The van der Waals surface area contributed by atoms with Crippen LogP contribution in [0, 0.1) is 13.8 Å². The summed E-state index contributed by atoms with van der Waals surface area (Å²) in [4.78, 5) is 14.6. The van der Waals surface area contributed by atoms with Gasteiger partial charge in [-0.15, -0.1) is 0 Å². The van der Waals surface area contributed by atoms with E-state index in [1.807, 2.05) is 12.1 Å². The van der Waals surface area contributed by atoms with Gasteiger partial charge in [0.2, 0.25) is 0 Å².